The van der Waals surface area contributed by atoms with E-state index in [1.807, 2.05) is 24.3 Å². The number of guanidine groups is 1. The molecule has 5 nitrogen and oxygen atoms in total. The molecule has 2 rings (SSSR count). The van der Waals surface area contributed by atoms with Crippen molar-refractivity contribution in [2.45, 2.75) is 39.2 Å². The van der Waals surface area contributed by atoms with E-state index in [2.05, 4.69) is 45.6 Å². The molecule has 7 heteroatoms. The van der Waals surface area contributed by atoms with Crippen LogP contribution in [-0.2, 0) is 13.0 Å². The maximum absolute atomic E-state index is 9.26. The van der Waals surface area contributed by atoms with Gasteiger partial charge in [-0.3, -0.25) is 0 Å². The van der Waals surface area contributed by atoms with Crippen molar-refractivity contribution in [1.29, 1.82) is 0 Å². The molecule has 1 atom stereocenters. The van der Waals surface area contributed by atoms with Gasteiger partial charge in [0.1, 0.15) is 5.76 Å². The number of benzene rings is 1. The molecule has 0 amide bonds. The van der Waals surface area contributed by atoms with E-state index in [4.69, 9.17) is 9.41 Å². The molecule has 2 aromatic rings. The second-order valence-electron chi connectivity index (χ2n) is 6.60. The minimum atomic E-state index is 0. The van der Waals surface area contributed by atoms with Crippen LogP contribution in [0.25, 0.3) is 0 Å². The Morgan fingerprint density at radius 3 is 2.61 bits per heavy atom. The number of aliphatic hydroxyl groups is 1. The summed E-state index contributed by atoms with van der Waals surface area (Å²) in [5, 5.41) is 16.1. The van der Waals surface area contributed by atoms with E-state index in [9.17, 15) is 5.11 Å². The number of hydrogen-bond acceptors (Lipinski definition) is 3. The number of nitrogens with zero attached hydrogens (tertiary/aromatic N) is 1. The van der Waals surface area contributed by atoms with Crippen molar-refractivity contribution in [3.05, 3.63) is 58.5 Å². The maximum atomic E-state index is 9.26. The summed E-state index contributed by atoms with van der Waals surface area (Å²) >= 11 is 3.46. The van der Waals surface area contributed by atoms with E-state index in [0.29, 0.717) is 12.5 Å². The fourth-order valence-corrected chi connectivity index (χ4v) is 3.14. The van der Waals surface area contributed by atoms with Crippen LogP contribution in [0.4, 0.5) is 0 Å². The summed E-state index contributed by atoms with van der Waals surface area (Å²) in [6, 6.07) is 12.1. The molecule has 0 aliphatic carbocycles. The number of furan rings is 1. The smallest absolute Gasteiger partial charge is 0.191 e. The van der Waals surface area contributed by atoms with Crippen molar-refractivity contribution in [3.63, 3.8) is 0 Å². The summed E-state index contributed by atoms with van der Waals surface area (Å²) in [7, 11) is 0. The molecule has 1 aromatic carbocycles. The van der Waals surface area contributed by atoms with Crippen LogP contribution in [0.5, 0.6) is 0 Å². The Morgan fingerprint density at radius 2 is 1.96 bits per heavy atom. The Balaban J connectivity index is 0.00000392. The predicted molar refractivity (Wildman–Crippen MR) is 129 cm³/mol. The molecule has 28 heavy (non-hydrogen) atoms. The van der Waals surface area contributed by atoms with Gasteiger partial charge in [0.05, 0.1) is 12.8 Å². The topological polar surface area (TPSA) is 69.8 Å². The van der Waals surface area contributed by atoms with E-state index in [0.717, 1.165) is 60.5 Å². The van der Waals surface area contributed by atoms with Gasteiger partial charge in [-0.15, -0.1) is 24.0 Å². The number of halogens is 2. The molecule has 1 unspecified atom stereocenters. The van der Waals surface area contributed by atoms with Gasteiger partial charge >= 0.3 is 0 Å². The van der Waals surface area contributed by atoms with Gasteiger partial charge in [-0.1, -0.05) is 41.4 Å². The zero-order valence-electron chi connectivity index (χ0n) is 16.4. The van der Waals surface area contributed by atoms with E-state index >= 15 is 0 Å². The average molecular weight is 564 g/mol. The Bertz CT molecular complexity index is 657. The van der Waals surface area contributed by atoms with Gasteiger partial charge in [-0.05, 0) is 48.6 Å². The van der Waals surface area contributed by atoms with E-state index < -0.39 is 0 Å². The lowest BCUT2D eigenvalue weighted by atomic mass is 10.0. The molecule has 0 bridgehead atoms. The number of aliphatic imine (C=N–C) groups is 1. The van der Waals surface area contributed by atoms with E-state index in [1.165, 1.54) is 0 Å². The second kappa shape index (κ2) is 14.9. The Kier molecular flexibility index (Phi) is 13.3. The van der Waals surface area contributed by atoms with Crippen molar-refractivity contribution in [2.24, 2.45) is 10.9 Å². The molecule has 156 valence electrons. The fraction of sp³-hybridized carbons (Fsp3) is 0.476. The maximum Gasteiger partial charge on any atom is 0.191 e. The third kappa shape index (κ3) is 9.93. The van der Waals surface area contributed by atoms with Gasteiger partial charge in [0.25, 0.3) is 0 Å². The van der Waals surface area contributed by atoms with Crippen molar-refractivity contribution in [1.82, 2.24) is 10.6 Å². The second-order valence-corrected chi connectivity index (χ2v) is 7.51. The molecule has 0 radical (unpaired) electrons. The van der Waals surface area contributed by atoms with Crippen molar-refractivity contribution < 1.29 is 9.52 Å². The van der Waals surface area contributed by atoms with E-state index in [-0.39, 0.29) is 30.6 Å². The SMILES string of the molecule is CCCC(CCO)CNC(=NCc1ccc(Br)cc1)NCCc1ccco1.I. The lowest BCUT2D eigenvalue weighted by molar-refractivity contribution is 0.251. The summed E-state index contributed by atoms with van der Waals surface area (Å²) in [6.45, 7) is 4.57. The quantitative estimate of drug-likeness (QED) is 0.210. The summed E-state index contributed by atoms with van der Waals surface area (Å²) in [5.74, 6) is 2.20. The highest BCUT2D eigenvalue weighted by Crippen LogP contribution is 2.11. The molecule has 0 aliphatic heterocycles. The minimum Gasteiger partial charge on any atom is -0.469 e. The summed E-state index contributed by atoms with van der Waals surface area (Å²) in [4.78, 5) is 4.72. The molecule has 1 heterocycles. The van der Waals surface area contributed by atoms with Crippen molar-refractivity contribution in [3.8, 4) is 0 Å². The monoisotopic (exact) mass is 563 g/mol. The van der Waals surface area contributed by atoms with Crippen LogP contribution in [0.2, 0.25) is 0 Å². The fourth-order valence-electron chi connectivity index (χ4n) is 2.87. The molecule has 0 spiro atoms. The van der Waals surface area contributed by atoms with Crippen LogP contribution < -0.4 is 10.6 Å². The van der Waals surface area contributed by atoms with Gasteiger partial charge in [0, 0.05) is 30.6 Å². The molecule has 0 saturated carbocycles. The molecular formula is C21H31BrIN3O2. The lowest BCUT2D eigenvalue weighted by Crippen LogP contribution is -2.41. The van der Waals surface area contributed by atoms with E-state index in [1.54, 1.807) is 6.26 Å². The molecular weight excluding hydrogens is 533 g/mol. The Hall–Kier alpha value is -1.06. The van der Waals surface area contributed by atoms with Crippen LogP contribution in [0.15, 0.2) is 56.5 Å². The third-order valence-electron chi connectivity index (χ3n) is 4.37. The van der Waals surface area contributed by atoms with Crippen molar-refractivity contribution >= 4 is 45.9 Å². The van der Waals surface area contributed by atoms with Gasteiger partial charge in [-0.2, -0.15) is 0 Å². The lowest BCUT2D eigenvalue weighted by Gasteiger charge is -2.18. The number of hydrogen-bond donors (Lipinski definition) is 3. The van der Waals surface area contributed by atoms with Crippen LogP contribution in [-0.4, -0.2) is 30.8 Å². The van der Waals surface area contributed by atoms with Crippen LogP contribution >= 0.6 is 39.9 Å². The highest BCUT2D eigenvalue weighted by atomic mass is 127. The van der Waals surface area contributed by atoms with Crippen LogP contribution in [0.3, 0.4) is 0 Å². The number of rotatable bonds is 11. The zero-order chi connectivity index (χ0) is 19.3. The summed E-state index contributed by atoms with van der Waals surface area (Å²) in [6.07, 6.45) is 5.53. The number of aliphatic hydroxyl groups excluding tert-OH is 1. The van der Waals surface area contributed by atoms with Crippen molar-refractivity contribution in [2.75, 3.05) is 19.7 Å². The van der Waals surface area contributed by atoms with Crippen LogP contribution in [0.1, 0.15) is 37.5 Å². The normalized spacial score (nSPS) is 12.3. The highest BCUT2D eigenvalue weighted by molar-refractivity contribution is 14.0. The van der Waals surface area contributed by atoms with Gasteiger partial charge in [0.2, 0.25) is 0 Å². The average Bonchev–Trinajstić information content (AvgIpc) is 3.18. The molecule has 1 aromatic heterocycles. The highest BCUT2D eigenvalue weighted by Gasteiger charge is 2.09. The first-order valence-corrected chi connectivity index (χ1v) is 10.4. The Morgan fingerprint density at radius 1 is 1.18 bits per heavy atom. The molecule has 0 fully saturated rings. The minimum absolute atomic E-state index is 0. The predicted octanol–water partition coefficient (Wildman–Crippen LogP) is 4.74. The summed E-state index contributed by atoms with van der Waals surface area (Å²) in [5.41, 5.74) is 1.16. The molecule has 0 saturated heterocycles. The van der Waals surface area contributed by atoms with Gasteiger partial charge < -0.3 is 20.2 Å². The first-order valence-electron chi connectivity index (χ1n) is 9.61. The first-order chi connectivity index (χ1) is 13.2. The molecule has 3 N–H and O–H groups in total. The first kappa shape index (κ1) is 25.0. The number of nitrogens with one attached hydrogen (secondary N) is 2. The van der Waals surface area contributed by atoms with Gasteiger partial charge in [0.15, 0.2) is 5.96 Å². The Labute approximate surface area is 193 Å². The molecule has 0 aliphatic rings. The van der Waals surface area contributed by atoms with Gasteiger partial charge in [-0.25, -0.2) is 4.99 Å². The third-order valence-corrected chi connectivity index (χ3v) is 4.90. The van der Waals surface area contributed by atoms with Crippen LogP contribution in [0, 0.1) is 5.92 Å². The summed E-state index contributed by atoms with van der Waals surface area (Å²) < 4.78 is 6.45. The zero-order valence-corrected chi connectivity index (χ0v) is 20.3. The standard InChI is InChI=1S/C21H30BrN3O2.HI/c1-2-4-17(11-13-26)15-24-21(23-12-10-20-5-3-14-27-20)25-16-18-6-8-19(22)9-7-18;/h3,5-9,14,17,26H,2,4,10-13,15-16H2,1H3,(H2,23,24,25);1H. The largest absolute Gasteiger partial charge is 0.469 e.